The number of likely N-dealkylation sites (tertiary alicyclic amines) is 1. The first kappa shape index (κ1) is 28.7. The summed E-state index contributed by atoms with van der Waals surface area (Å²) in [7, 11) is 6.93. The van der Waals surface area contributed by atoms with Crippen molar-refractivity contribution in [1.82, 2.24) is 4.90 Å². The van der Waals surface area contributed by atoms with Crippen molar-refractivity contribution in [2.75, 3.05) is 65.3 Å². The number of Topliss-reactive ketones (excluding diaryl/α,β-unsaturated/α-hetero) is 1. The second-order valence-electron chi connectivity index (χ2n) is 7.55. The Labute approximate surface area is 196 Å². The molecule has 0 radical (unpaired) electrons. The lowest BCUT2D eigenvalue weighted by Crippen LogP contribution is -2.38. The van der Waals surface area contributed by atoms with E-state index in [1.807, 2.05) is 11.8 Å². The first-order valence-corrected chi connectivity index (χ1v) is 13.8. The second-order valence-corrected chi connectivity index (χ2v) is 10.3. The van der Waals surface area contributed by atoms with Gasteiger partial charge in [0.2, 0.25) is 5.91 Å². The van der Waals surface area contributed by atoms with Gasteiger partial charge in [-0.3, -0.25) is 9.59 Å². The Kier molecular flexibility index (Phi) is 17.8. The molecule has 31 heavy (non-hydrogen) atoms. The van der Waals surface area contributed by atoms with E-state index in [0.717, 1.165) is 50.4 Å². The standard InChI is InChI=1S/C22H41NO6S2/c1-4-28-11-12-29-13-15-31-30-14-7-9-20(24)8-5-6-10-22(25)23-17-21(27-3)16-19(23)18-26-2/h19,21H,4-18H2,1-3H3/t19-,21+/m1/s1. The molecule has 1 fully saturated rings. The molecule has 182 valence electrons. The van der Waals surface area contributed by atoms with Gasteiger partial charge in [-0.25, -0.2) is 0 Å². The third-order valence-corrected chi connectivity index (χ3v) is 7.59. The van der Waals surface area contributed by atoms with Gasteiger partial charge in [-0.15, -0.1) is 0 Å². The van der Waals surface area contributed by atoms with E-state index in [9.17, 15) is 9.59 Å². The number of nitrogens with zero attached hydrogens (tertiary/aromatic N) is 1. The summed E-state index contributed by atoms with van der Waals surface area (Å²) in [6.45, 7) is 5.93. The molecule has 7 nitrogen and oxygen atoms in total. The molecule has 1 aliphatic rings. The third-order valence-electron chi connectivity index (χ3n) is 5.14. The quantitative estimate of drug-likeness (QED) is 0.194. The molecule has 0 aromatic rings. The molecular weight excluding hydrogens is 438 g/mol. The molecule has 1 aliphatic heterocycles. The van der Waals surface area contributed by atoms with Crippen LogP contribution in [0, 0.1) is 0 Å². The van der Waals surface area contributed by atoms with E-state index in [-0.39, 0.29) is 18.1 Å². The van der Waals surface area contributed by atoms with Crippen LogP contribution in [-0.4, -0.2) is 94.0 Å². The fraction of sp³-hybridized carbons (Fsp3) is 0.909. The maximum atomic E-state index is 12.5. The summed E-state index contributed by atoms with van der Waals surface area (Å²) in [6, 6.07) is 0.0982. The fourth-order valence-electron chi connectivity index (χ4n) is 3.47. The lowest BCUT2D eigenvalue weighted by molar-refractivity contribution is -0.133. The summed E-state index contributed by atoms with van der Waals surface area (Å²) in [5, 5.41) is 0. The van der Waals surface area contributed by atoms with Crippen molar-refractivity contribution >= 4 is 33.3 Å². The summed E-state index contributed by atoms with van der Waals surface area (Å²) in [4.78, 5) is 26.5. The average Bonchev–Trinajstić information content (AvgIpc) is 3.18. The molecular formula is C22H41NO6S2. The zero-order valence-electron chi connectivity index (χ0n) is 19.5. The van der Waals surface area contributed by atoms with E-state index in [4.69, 9.17) is 18.9 Å². The Hall–Kier alpha value is -0.320. The van der Waals surface area contributed by atoms with Crippen molar-refractivity contribution in [3.05, 3.63) is 0 Å². The van der Waals surface area contributed by atoms with Gasteiger partial charge in [0, 0.05) is 58.1 Å². The molecule has 0 aliphatic carbocycles. The number of hydrogen-bond donors (Lipinski definition) is 0. The molecule has 1 heterocycles. The van der Waals surface area contributed by atoms with E-state index in [2.05, 4.69) is 0 Å². The molecule has 1 amide bonds. The Balaban J connectivity index is 1.98. The van der Waals surface area contributed by atoms with Crippen molar-refractivity contribution in [3.63, 3.8) is 0 Å². The molecule has 0 spiro atoms. The molecule has 0 aromatic heterocycles. The molecule has 0 unspecified atom stereocenters. The highest BCUT2D eigenvalue weighted by Crippen LogP contribution is 2.23. The molecule has 9 heteroatoms. The molecule has 0 bridgehead atoms. The SMILES string of the molecule is CCOCCOCCSSCCCC(=O)CCCCC(=O)N1C[C@@H](OC)C[C@@H]1COC. The number of hydrogen-bond acceptors (Lipinski definition) is 8. The van der Waals surface area contributed by atoms with Gasteiger partial charge in [0.1, 0.15) is 5.78 Å². The summed E-state index contributed by atoms with van der Waals surface area (Å²) in [5.74, 6) is 2.37. The predicted octanol–water partition coefficient (Wildman–Crippen LogP) is 3.59. The van der Waals surface area contributed by atoms with Crippen LogP contribution in [0.4, 0.5) is 0 Å². The summed E-state index contributed by atoms with van der Waals surface area (Å²) in [6.07, 6.45) is 5.05. The van der Waals surface area contributed by atoms with Crippen LogP contribution in [0.5, 0.6) is 0 Å². The highest BCUT2D eigenvalue weighted by molar-refractivity contribution is 8.76. The van der Waals surface area contributed by atoms with Crippen LogP contribution in [0.2, 0.25) is 0 Å². The zero-order valence-corrected chi connectivity index (χ0v) is 21.1. The van der Waals surface area contributed by atoms with Crippen molar-refractivity contribution in [1.29, 1.82) is 0 Å². The highest BCUT2D eigenvalue weighted by atomic mass is 33.1. The number of unbranched alkanes of at least 4 members (excludes halogenated alkanes) is 1. The second kappa shape index (κ2) is 19.2. The highest BCUT2D eigenvalue weighted by Gasteiger charge is 2.34. The van der Waals surface area contributed by atoms with E-state index in [1.54, 1.807) is 35.8 Å². The van der Waals surface area contributed by atoms with Gasteiger partial charge in [-0.2, -0.15) is 0 Å². The molecule has 1 rings (SSSR count). The van der Waals surface area contributed by atoms with Crippen LogP contribution in [0.1, 0.15) is 51.9 Å². The Morgan fingerprint density at radius 2 is 1.65 bits per heavy atom. The van der Waals surface area contributed by atoms with Gasteiger partial charge in [-0.05, 0) is 32.6 Å². The molecule has 0 N–H and O–H groups in total. The lowest BCUT2D eigenvalue weighted by Gasteiger charge is -2.23. The largest absolute Gasteiger partial charge is 0.383 e. The third kappa shape index (κ3) is 13.7. The number of ketones is 1. The lowest BCUT2D eigenvalue weighted by atomic mass is 10.1. The van der Waals surface area contributed by atoms with Crippen molar-refractivity contribution < 1.29 is 28.5 Å². The van der Waals surface area contributed by atoms with Gasteiger partial charge in [0.25, 0.3) is 0 Å². The first-order chi connectivity index (χ1) is 15.1. The molecule has 0 aromatic carbocycles. The normalized spacial score (nSPS) is 18.6. The number of carbonyl (C=O) groups excluding carboxylic acids is 2. The predicted molar refractivity (Wildman–Crippen MR) is 128 cm³/mol. The minimum atomic E-state index is 0.0923. The van der Waals surface area contributed by atoms with Crippen LogP contribution in [0.3, 0.4) is 0 Å². The van der Waals surface area contributed by atoms with Crippen molar-refractivity contribution in [3.8, 4) is 0 Å². The number of rotatable bonds is 20. The average molecular weight is 480 g/mol. The Morgan fingerprint density at radius 1 is 0.935 bits per heavy atom. The monoisotopic (exact) mass is 479 g/mol. The van der Waals surface area contributed by atoms with Crippen LogP contribution in [0.15, 0.2) is 0 Å². The minimum absolute atomic E-state index is 0.0923. The molecule has 0 saturated carbocycles. The van der Waals surface area contributed by atoms with E-state index in [0.29, 0.717) is 51.4 Å². The summed E-state index contributed by atoms with van der Waals surface area (Å²) >= 11 is 0. The van der Waals surface area contributed by atoms with Crippen LogP contribution in [-0.2, 0) is 28.5 Å². The van der Waals surface area contributed by atoms with E-state index >= 15 is 0 Å². The van der Waals surface area contributed by atoms with Gasteiger partial charge >= 0.3 is 0 Å². The Bertz CT molecular complexity index is 483. The molecule has 2 atom stereocenters. The Morgan fingerprint density at radius 3 is 2.39 bits per heavy atom. The molecule has 1 saturated heterocycles. The van der Waals surface area contributed by atoms with E-state index in [1.165, 1.54) is 0 Å². The zero-order chi connectivity index (χ0) is 22.7. The minimum Gasteiger partial charge on any atom is -0.383 e. The van der Waals surface area contributed by atoms with Crippen molar-refractivity contribution in [2.45, 2.75) is 64.0 Å². The topological polar surface area (TPSA) is 74.3 Å². The van der Waals surface area contributed by atoms with Gasteiger partial charge in [0.05, 0.1) is 38.6 Å². The number of methoxy groups -OCH3 is 2. The summed E-state index contributed by atoms with van der Waals surface area (Å²) < 4.78 is 21.3. The van der Waals surface area contributed by atoms with Gasteiger partial charge < -0.3 is 23.8 Å². The van der Waals surface area contributed by atoms with Crippen LogP contribution >= 0.6 is 21.6 Å². The maximum Gasteiger partial charge on any atom is 0.222 e. The van der Waals surface area contributed by atoms with Crippen LogP contribution in [0.25, 0.3) is 0 Å². The smallest absolute Gasteiger partial charge is 0.222 e. The van der Waals surface area contributed by atoms with Gasteiger partial charge in [-0.1, -0.05) is 21.6 Å². The summed E-state index contributed by atoms with van der Waals surface area (Å²) in [5.41, 5.74) is 0. The maximum absolute atomic E-state index is 12.5. The van der Waals surface area contributed by atoms with Gasteiger partial charge in [0.15, 0.2) is 0 Å². The number of amides is 1. The van der Waals surface area contributed by atoms with Crippen molar-refractivity contribution in [2.24, 2.45) is 0 Å². The number of ether oxygens (including phenoxy) is 4. The number of carbonyl (C=O) groups is 2. The first-order valence-electron chi connectivity index (χ1n) is 11.3. The van der Waals surface area contributed by atoms with Crippen LogP contribution < -0.4 is 0 Å². The fourth-order valence-corrected chi connectivity index (χ4v) is 5.42. The van der Waals surface area contributed by atoms with E-state index < -0.39 is 0 Å².